The van der Waals surface area contributed by atoms with Gasteiger partial charge in [0.05, 0.1) is 11.7 Å². The van der Waals surface area contributed by atoms with Crippen LogP contribution in [0.5, 0.6) is 0 Å². The lowest BCUT2D eigenvalue weighted by Gasteiger charge is -2.50. The normalized spacial score (nSPS) is 18.9. The Balaban J connectivity index is 1.34. The van der Waals surface area contributed by atoms with Crippen molar-refractivity contribution in [3.8, 4) is 0 Å². The summed E-state index contributed by atoms with van der Waals surface area (Å²) in [5.41, 5.74) is 12.3. The number of thioether (sulfide) groups is 1. The Bertz CT molecular complexity index is 1530. The summed E-state index contributed by atoms with van der Waals surface area (Å²) in [7, 11) is 0. The van der Waals surface area contributed by atoms with Gasteiger partial charge in [0.15, 0.2) is 22.9 Å². The van der Waals surface area contributed by atoms with Crippen molar-refractivity contribution in [3.63, 3.8) is 0 Å². The number of carboxylic acid groups (broad SMARTS) is 1. The predicted octanol–water partition coefficient (Wildman–Crippen LogP) is -2.12. The number of oxime groups is 1. The van der Waals surface area contributed by atoms with E-state index in [0.29, 0.717) is 30.2 Å². The van der Waals surface area contributed by atoms with Gasteiger partial charge in [-0.25, -0.2) is 9.55 Å². The number of thiazole rings is 1. The molecule has 15 nitrogen and oxygen atoms in total. The molecular weight excluding hydrogens is 560 g/mol. The quantitative estimate of drug-likeness (QED) is 0.0826. The van der Waals surface area contributed by atoms with Gasteiger partial charge in [0.25, 0.3) is 11.8 Å². The third-order valence-electron chi connectivity index (χ3n) is 6.13. The maximum absolute atomic E-state index is 13.1. The van der Waals surface area contributed by atoms with E-state index >= 15 is 0 Å². The molecule has 0 saturated carbocycles. The number of carboxylic acids is 1. The van der Waals surface area contributed by atoms with Gasteiger partial charge < -0.3 is 36.8 Å². The van der Waals surface area contributed by atoms with Gasteiger partial charge >= 0.3 is 5.65 Å². The largest absolute Gasteiger partial charge is 0.543 e. The number of rotatable bonds is 11. The number of imidazole rings is 1. The zero-order chi connectivity index (χ0) is 28.4. The van der Waals surface area contributed by atoms with E-state index in [4.69, 9.17) is 16.3 Å². The average molecular weight is 587 g/mol. The molecule has 210 valence electrons. The minimum Gasteiger partial charge on any atom is -0.543 e. The van der Waals surface area contributed by atoms with E-state index in [1.807, 2.05) is 10.6 Å². The molecule has 6 N–H and O–H groups in total. The predicted molar refractivity (Wildman–Crippen MR) is 145 cm³/mol. The fourth-order valence-electron chi connectivity index (χ4n) is 4.35. The Labute approximate surface area is 235 Å². The number of anilines is 2. The van der Waals surface area contributed by atoms with Crippen LogP contribution in [0.3, 0.4) is 0 Å². The summed E-state index contributed by atoms with van der Waals surface area (Å²) in [5.74, 6) is -1.77. The van der Waals surface area contributed by atoms with E-state index in [1.165, 1.54) is 11.8 Å². The second-order valence-corrected chi connectivity index (χ2v) is 10.7. The Hall–Kier alpha value is -4.22. The molecule has 0 radical (unpaired) electrons. The number of nitrogens with two attached hydrogens (primary N) is 2. The van der Waals surface area contributed by atoms with Crippen molar-refractivity contribution in [2.24, 2.45) is 10.9 Å². The summed E-state index contributed by atoms with van der Waals surface area (Å²) in [5, 5.41) is 27.4. The van der Waals surface area contributed by atoms with Crippen LogP contribution in [0.4, 0.5) is 10.9 Å². The summed E-state index contributed by atoms with van der Waals surface area (Å²) < 4.78 is 3.49. The van der Waals surface area contributed by atoms with E-state index in [0.717, 1.165) is 21.9 Å². The first-order valence-electron chi connectivity index (χ1n) is 12.2. The summed E-state index contributed by atoms with van der Waals surface area (Å²) in [6, 6.07) is 2.68. The molecule has 5 heterocycles. The van der Waals surface area contributed by atoms with Gasteiger partial charge in [-0.2, -0.15) is 0 Å². The van der Waals surface area contributed by atoms with Crippen LogP contribution in [-0.4, -0.2) is 79.9 Å². The second-order valence-electron chi connectivity index (χ2n) is 8.69. The highest BCUT2D eigenvalue weighted by atomic mass is 32.2. The molecule has 3 aromatic rings. The number of aromatic nitrogens is 4. The lowest BCUT2D eigenvalue weighted by atomic mass is 10.0. The molecule has 2 atom stereocenters. The molecule has 0 aliphatic carbocycles. The van der Waals surface area contributed by atoms with Gasteiger partial charge in [-0.3, -0.25) is 14.5 Å². The Morgan fingerprint density at radius 1 is 1.38 bits per heavy atom. The molecule has 0 spiro atoms. The molecule has 1 fully saturated rings. The molecule has 0 bridgehead atoms. The van der Waals surface area contributed by atoms with Gasteiger partial charge in [0.1, 0.15) is 36.5 Å². The minimum atomic E-state index is -1.47. The number of aliphatic carboxylic acids is 1. The molecule has 17 heteroatoms. The first-order chi connectivity index (χ1) is 19.3. The molecule has 2 aliphatic rings. The lowest BCUT2D eigenvalue weighted by molar-refractivity contribution is -0.662. The fourth-order valence-corrected chi connectivity index (χ4v) is 6.24. The van der Waals surface area contributed by atoms with Crippen LogP contribution in [0.1, 0.15) is 12.6 Å². The van der Waals surface area contributed by atoms with Gasteiger partial charge in [0.2, 0.25) is 0 Å². The van der Waals surface area contributed by atoms with E-state index < -0.39 is 29.2 Å². The van der Waals surface area contributed by atoms with Crippen molar-refractivity contribution >= 4 is 63.2 Å². The molecular formula is C23H26N10O5S2. The number of carbonyl (C=O) groups excluding carboxylic acids is 3. The highest BCUT2D eigenvalue weighted by molar-refractivity contribution is 8.00. The fraction of sp³-hybridized carbons (Fsp3) is 0.348. The first kappa shape index (κ1) is 27.4. The van der Waals surface area contributed by atoms with Crippen LogP contribution in [0, 0.1) is 0 Å². The number of nitrogens with zero attached hydrogens (tertiary/aromatic N) is 6. The Kier molecular flexibility index (Phi) is 7.85. The Morgan fingerprint density at radius 3 is 2.90 bits per heavy atom. The van der Waals surface area contributed by atoms with Gasteiger partial charge in [-0.05, 0) is 13.0 Å². The maximum Gasteiger partial charge on any atom is 0.307 e. The number of β-lactam (4-membered cyclic amide) rings is 1. The number of nitrogens with one attached hydrogen (secondary N) is 2. The second kappa shape index (κ2) is 11.5. The highest BCUT2D eigenvalue weighted by Crippen LogP contribution is 2.40. The number of hydrogen-bond acceptors (Lipinski definition) is 13. The third-order valence-corrected chi connectivity index (χ3v) is 8.14. The molecule has 40 heavy (non-hydrogen) atoms. The maximum atomic E-state index is 13.1. The molecule has 5 rings (SSSR count). The Morgan fingerprint density at radius 2 is 2.20 bits per heavy atom. The van der Waals surface area contributed by atoms with Gasteiger partial charge in [-0.15, -0.1) is 23.1 Å². The number of carbonyl (C=O) groups is 3. The summed E-state index contributed by atoms with van der Waals surface area (Å²) in [6.07, 6.45) is 3.52. The van der Waals surface area contributed by atoms with E-state index in [2.05, 4.69) is 25.9 Å². The van der Waals surface area contributed by atoms with Crippen molar-refractivity contribution in [3.05, 3.63) is 46.9 Å². The van der Waals surface area contributed by atoms with Crippen molar-refractivity contribution in [2.75, 3.05) is 36.5 Å². The van der Waals surface area contributed by atoms with Crippen molar-refractivity contribution < 1.29 is 28.9 Å². The molecule has 3 aromatic heterocycles. The number of fused-ring (bicyclic) bond motifs is 2. The van der Waals surface area contributed by atoms with E-state index in [-0.39, 0.29) is 35.4 Å². The number of nitrogen functional groups attached to an aromatic ring is 1. The topological polar surface area (TPSA) is 209 Å². The molecule has 2 amide bonds. The van der Waals surface area contributed by atoms with Crippen molar-refractivity contribution in [1.82, 2.24) is 24.8 Å². The summed E-state index contributed by atoms with van der Waals surface area (Å²) >= 11 is 2.47. The number of hydrogen-bond donors (Lipinski definition) is 4. The average Bonchev–Trinajstić information content (AvgIpc) is 3.55. The minimum absolute atomic E-state index is 0.134. The molecule has 2 aliphatic heterocycles. The highest BCUT2D eigenvalue weighted by Gasteiger charge is 2.53. The standard InChI is InChI=1S/C23H26N10O5S2/c1-2-38-30-16(13-11-40-23(25)27-13)19(34)28-17-20(35)33-18(22(36)37)12(10-39-21(17)33)9-31-7-8-32-15(31)4-3-14(29-32)26-6-5-24/h3-4,7-8,11,17,21H,2,5-6,9-10,24H2,1H3,(H4-,25,26,27,28,29,34,36,37)/b30-16-/t17-,21-/m1/s1. The zero-order valence-corrected chi connectivity index (χ0v) is 22.9. The van der Waals surface area contributed by atoms with Crippen LogP contribution in [0.2, 0.25) is 0 Å². The van der Waals surface area contributed by atoms with Crippen LogP contribution < -0.4 is 31.8 Å². The lowest BCUT2D eigenvalue weighted by Crippen LogP contribution is -2.71. The van der Waals surface area contributed by atoms with Crippen molar-refractivity contribution in [2.45, 2.75) is 24.9 Å². The SMILES string of the molecule is CCO/N=C(\C(=O)N[C@@H]1C(=O)N2C(C(=O)[O-])=C(C[n+]3ccn4nc(NCCN)ccc43)CS[C@H]12)c1csc(N)n1. The monoisotopic (exact) mass is 586 g/mol. The third kappa shape index (κ3) is 5.17. The van der Waals surface area contributed by atoms with Crippen molar-refractivity contribution in [1.29, 1.82) is 0 Å². The summed E-state index contributed by atoms with van der Waals surface area (Å²) in [4.78, 5) is 48.7. The number of amides is 2. The van der Waals surface area contributed by atoms with Crippen LogP contribution in [0.25, 0.3) is 5.65 Å². The zero-order valence-electron chi connectivity index (χ0n) is 21.3. The smallest absolute Gasteiger partial charge is 0.307 e. The van der Waals surface area contributed by atoms with Gasteiger partial charge in [0, 0.05) is 35.9 Å². The van der Waals surface area contributed by atoms with E-state index in [9.17, 15) is 19.5 Å². The van der Waals surface area contributed by atoms with Crippen LogP contribution in [0.15, 0.2) is 46.3 Å². The van der Waals surface area contributed by atoms with Gasteiger partial charge in [-0.1, -0.05) is 14.8 Å². The van der Waals surface area contributed by atoms with Crippen LogP contribution in [-0.2, 0) is 25.8 Å². The molecule has 0 aromatic carbocycles. The van der Waals surface area contributed by atoms with Crippen LogP contribution >= 0.6 is 23.1 Å². The summed E-state index contributed by atoms with van der Waals surface area (Å²) in [6.45, 7) is 3.16. The first-order valence-corrected chi connectivity index (χ1v) is 14.2. The molecule has 0 unspecified atom stereocenters. The molecule has 1 saturated heterocycles. The van der Waals surface area contributed by atoms with E-state index in [1.54, 1.807) is 35.3 Å².